The van der Waals surface area contributed by atoms with E-state index in [9.17, 15) is 19.2 Å². The summed E-state index contributed by atoms with van der Waals surface area (Å²) in [5.41, 5.74) is 0. The Hall–Kier alpha value is -0.860. The number of imide groups is 1. The second-order valence-corrected chi connectivity index (χ2v) is 8.35. The summed E-state index contributed by atoms with van der Waals surface area (Å²) in [6.45, 7) is 11.5. The molecule has 1 saturated carbocycles. The Labute approximate surface area is 185 Å². The van der Waals surface area contributed by atoms with Crippen LogP contribution >= 0.6 is 24.6 Å². The van der Waals surface area contributed by atoms with E-state index in [1.165, 1.54) is 11.8 Å². The van der Waals surface area contributed by atoms with Crippen LogP contribution in [0.25, 0.3) is 0 Å². The Morgan fingerprint density at radius 1 is 1.10 bits per heavy atom. The van der Waals surface area contributed by atoms with Gasteiger partial charge in [-0.05, 0) is 45.4 Å². The van der Waals surface area contributed by atoms with Crippen molar-refractivity contribution in [1.29, 1.82) is 0 Å². The lowest BCUT2D eigenvalue weighted by molar-refractivity contribution is -0.139. The van der Waals surface area contributed by atoms with Crippen molar-refractivity contribution >= 4 is 48.0 Å². The zero-order chi connectivity index (χ0) is 22.6. The first-order valence-electron chi connectivity index (χ1n) is 10.7. The number of carbonyl (C=O) groups is 4. The number of hydrogen-bond donors (Lipinski definition) is 2. The van der Waals surface area contributed by atoms with E-state index in [1.54, 1.807) is 6.92 Å². The fourth-order valence-corrected chi connectivity index (χ4v) is 4.86. The standard InChI is InChI=1S/C17H26N2O4S2.2C2H6/c1-10(20)13-5-3-12(4-6-13)8-19-16(22)7-15(17(19)23)25-18-14(9-24)11(2)21;2*1-2/h12-15,18,24H,3-9H2,1-2H3;2*1-2H3/t12?,13?,14-,15?;;/m0../s1. The minimum atomic E-state index is -0.484. The number of nitrogens with one attached hydrogen (secondary N) is 1. The van der Waals surface area contributed by atoms with Crippen molar-refractivity contribution in [1.82, 2.24) is 9.62 Å². The van der Waals surface area contributed by atoms with Crippen LogP contribution in [-0.4, -0.2) is 51.9 Å². The predicted octanol–water partition coefficient (Wildman–Crippen LogP) is 3.69. The Kier molecular flexibility index (Phi) is 14.6. The first-order valence-corrected chi connectivity index (χ1v) is 12.2. The highest BCUT2D eigenvalue weighted by atomic mass is 32.2. The van der Waals surface area contributed by atoms with E-state index in [0.717, 1.165) is 37.6 Å². The second kappa shape index (κ2) is 15.0. The molecule has 1 N–H and O–H groups in total. The number of amides is 2. The van der Waals surface area contributed by atoms with E-state index in [1.807, 2.05) is 27.7 Å². The van der Waals surface area contributed by atoms with Crippen molar-refractivity contribution in [2.75, 3.05) is 12.3 Å². The molecular weight excluding hydrogens is 408 g/mol. The molecule has 2 atom stereocenters. The second-order valence-electron chi connectivity index (χ2n) is 6.95. The Morgan fingerprint density at radius 3 is 2.10 bits per heavy atom. The molecule has 1 saturated heterocycles. The van der Waals surface area contributed by atoms with Crippen molar-refractivity contribution in [3.8, 4) is 0 Å². The van der Waals surface area contributed by atoms with Crippen molar-refractivity contribution in [2.24, 2.45) is 11.8 Å². The van der Waals surface area contributed by atoms with Gasteiger partial charge in [-0.1, -0.05) is 39.6 Å². The number of likely N-dealkylation sites (tertiary alicyclic amines) is 1. The summed E-state index contributed by atoms with van der Waals surface area (Å²) >= 11 is 5.27. The van der Waals surface area contributed by atoms with Crippen LogP contribution in [0.4, 0.5) is 0 Å². The Bertz CT molecular complexity index is 549. The van der Waals surface area contributed by atoms with Gasteiger partial charge in [0.2, 0.25) is 11.8 Å². The Balaban J connectivity index is 0.00000184. The highest BCUT2D eigenvalue weighted by Gasteiger charge is 2.40. The third-order valence-corrected chi connectivity index (χ3v) is 6.53. The fourth-order valence-electron chi connectivity index (χ4n) is 3.36. The van der Waals surface area contributed by atoms with E-state index >= 15 is 0 Å². The van der Waals surface area contributed by atoms with Crippen molar-refractivity contribution in [3.63, 3.8) is 0 Å². The molecule has 2 aliphatic rings. The van der Waals surface area contributed by atoms with E-state index < -0.39 is 11.3 Å². The summed E-state index contributed by atoms with van der Waals surface area (Å²) in [6, 6.07) is -0.424. The number of hydrogen-bond acceptors (Lipinski definition) is 7. The van der Waals surface area contributed by atoms with Gasteiger partial charge in [0.15, 0.2) is 0 Å². The van der Waals surface area contributed by atoms with Crippen LogP contribution in [0.15, 0.2) is 0 Å². The summed E-state index contributed by atoms with van der Waals surface area (Å²) in [7, 11) is 0. The van der Waals surface area contributed by atoms with Gasteiger partial charge in [-0.3, -0.25) is 28.8 Å². The summed E-state index contributed by atoms with van der Waals surface area (Å²) in [4.78, 5) is 49.0. The molecule has 1 heterocycles. The fraction of sp³-hybridized carbons (Fsp3) is 0.810. The largest absolute Gasteiger partial charge is 0.300 e. The predicted molar refractivity (Wildman–Crippen MR) is 123 cm³/mol. The summed E-state index contributed by atoms with van der Waals surface area (Å²) < 4.78 is 2.96. The monoisotopic (exact) mass is 446 g/mol. The number of nitrogens with zero attached hydrogens (tertiary/aromatic N) is 1. The van der Waals surface area contributed by atoms with Crippen LogP contribution in [0.2, 0.25) is 0 Å². The molecule has 168 valence electrons. The lowest BCUT2D eigenvalue weighted by Gasteiger charge is -2.29. The van der Waals surface area contributed by atoms with Crippen LogP contribution in [0, 0.1) is 11.8 Å². The highest BCUT2D eigenvalue weighted by molar-refractivity contribution is 7.98. The lowest BCUT2D eigenvalue weighted by Crippen LogP contribution is -2.38. The highest BCUT2D eigenvalue weighted by Crippen LogP contribution is 2.32. The maximum atomic E-state index is 12.5. The number of carbonyl (C=O) groups excluding carboxylic acids is 4. The maximum Gasteiger partial charge on any atom is 0.244 e. The molecule has 29 heavy (non-hydrogen) atoms. The summed E-state index contributed by atoms with van der Waals surface area (Å²) in [5, 5.41) is -0.484. The number of ketones is 2. The normalized spacial score (nSPS) is 24.8. The van der Waals surface area contributed by atoms with E-state index in [0.29, 0.717) is 12.3 Å². The number of rotatable bonds is 8. The van der Waals surface area contributed by atoms with Gasteiger partial charge in [0, 0.05) is 24.6 Å². The molecule has 2 fully saturated rings. The third kappa shape index (κ3) is 8.80. The smallest absolute Gasteiger partial charge is 0.244 e. The zero-order valence-corrected chi connectivity index (χ0v) is 20.4. The zero-order valence-electron chi connectivity index (χ0n) is 18.7. The average Bonchev–Trinajstić information content (AvgIpc) is 2.99. The molecule has 0 bridgehead atoms. The molecule has 0 radical (unpaired) electrons. The van der Waals surface area contributed by atoms with Gasteiger partial charge in [0.05, 0.1) is 6.04 Å². The third-order valence-electron chi connectivity index (χ3n) is 5.09. The molecule has 0 aromatic carbocycles. The molecule has 0 aromatic heterocycles. The molecule has 2 amide bonds. The first-order chi connectivity index (χ1) is 13.8. The average molecular weight is 447 g/mol. The van der Waals surface area contributed by atoms with Crippen molar-refractivity contribution in [3.05, 3.63) is 0 Å². The quantitative estimate of drug-likeness (QED) is 0.336. The molecule has 1 aliphatic carbocycles. The summed E-state index contributed by atoms with van der Waals surface area (Å²) in [6.07, 6.45) is 3.61. The molecule has 1 aliphatic heterocycles. The molecule has 1 unspecified atom stereocenters. The first kappa shape index (κ1) is 28.1. The maximum absolute atomic E-state index is 12.5. The number of Topliss-reactive ketones (excluding diaryl/α,β-unsaturated/α-hetero) is 2. The summed E-state index contributed by atoms with van der Waals surface area (Å²) in [5.74, 6) is 0.624. The molecule has 6 nitrogen and oxygen atoms in total. The van der Waals surface area contributed by atoms with Crippen LogP contribution in [-0.2, 0) is 19.2 Å². The molecule has 0 spiro atoms. The van der Waals surface area contributed by atoms with E-state index in [2.05, 4.69) is 17.4 Å². The minimum absolute atomic E-state index is 0.0432. The van der Waals surface area contributed by atoms with E-state index in [4.69, 9.17) is 0 Å². The van der Waals surface area contributed by atoms with Gasteiger partial charge in [-0.15, -0.1) is 0 Å². The van der Waals surface area contributed by atoms with Gasteiger partial charge in [-0.25, -0.2) is 0 Å². The van der Waals surface area contributed by atoms with Crippen LogP contribution < -0.4 is 4.72 Å². The van der Waals surface area contributed by atoms with Gasteiger partial charge >= 0.3 is 0 Å². The molecule has 0 aromatic rings. The number of thiol groups is 1. The van der Waals surface area contributed by atoms with E-state index in [-0.39, 0.29) is 41.6 Å². The Morgan fingerprint density at radius 2 is 1.66 bits per heavy atom. The minimum Gasteiger partial charge on any atom is -0.300 e. The van der Waals surface area contributed by atoms with Crippen LogP contribution in [0.1, 0.15) is 73.6 Å². The topological polar surface area (TPSA) is 83.6 Å². The van der Waals surface area contributed by atoms with Gasteiger partial charge in [-0.2, -0.15) is 12.6 Å². The molecular formula is C21H38N2O4S2. The van der Waals surface area contributed by atoms with Gasteiger partial charge in [0.1, 0.15) is 16.8 Å². The van der Waals surface area contributed by atoms with Crippen LogP contribution in [0.3, 0.4) is 0 Å². The lowest BCUT2D eigenvalue weighted by atomic mass is 9.80. The SMILES string of the molecule is CC.CC.CC(=O)C1CCC(CN2C(=O)CC(SN[C@@H](CS)C(C)=O)C2=O)CC1. The molecule has 2 rings (SSSR count). The van der Waals surface area contributed by atoms with Crippen molar-refractivity contribution < 1.29 is 19.2 Å². The van der Waals surface area contributed by atoms with Gasteiger partial charge in [0.25, 0.3) is 0 Å². The molecule has 8 heteroatoms. The van der Waals surface area contributed by atoms with Gasteiger partial charge < -0.3 is 0 Å². The van der Waals surface area contributed by atoms with Crippen LogP contribution in [0.5, 0.6) is 0 Å². The van der Waals surface area contributed by atoms with Crippen molar-refractivity contribution in [2.45, 2.75) is 84.9 Å².